The predicted molar refractivity (Wildman–Crippen MR) is 91.4 cm³/mol. The zero-order valence-corrected chi connectivity index (χ0v) is 15.0. The van der Waals surface area contributed by atoms with Crippen LogP contribution in [0, 0.1) is 11.8 Å². The third-order valence-electron chi connectivity index (χ3n) is 4.06. The molecule has 2 nitrogen and oxygen atoms in total. The van der Waals surface area contributed by atoms with Gasteiger partial charge >= 0.3 is 5.97 Å². The molecule has 0 rings (SSSR count). The van der Waals surface area contributed by atoms with Gasteiger partial charge in [0.15, 0.2) is 0 Å². The van der Waals surface area contributed by atoms with Crippen LogP contribution < -0.4 is 0 Å². The van der Waals surface area contributed by atoms with Gasteiger partial charge in [0.2, 0.25) is 0 Å². The molecule has 0 N–H and O–H groups in total. The SMILES string of the molecule is CCCCCC(CCC)COC(=O)CCCCCC(C)C. The van der Waals surface area contributed by atoms with E-state index < -0.39 is 0 Å². The summed E-state index contributed by atoms with van der Waals surface area (Å²) in [5.74, 6) is 1.36. The van der Waals surface area contributed by atoms with Gasteiger partial charge in [-0.1, -0.05) is 72.6 Å². The van der Waals surface area contributed by atoms with Crippen LogP contribution in [-0.2, 0) is 9.53 Å². The van der Waals surface area contributed by atoms with Crippen LogP contribution >= 0.6 is 0 Å². The second-order valence-electron chi connectivity index (χ2n) is 6.83. The van der Waals surface area contributed by atoms with Crippen molar-refractivity contribution in [1.29, 1.82) is 0 Å². The van der Waals surface area contributed by atoms with E-state index in [0.29, 0.717) is 18.9 Å². The van der Waals surface area contributed by atoms with E-state index in [-0.39, 0.29) is 5.97 Å². The topological polar surface area (TPSA) is 26.3 Å². The molecule has 0 aliphatic heterocycles. The molecule has 0 aromatic heterocycles. The van der Waals surface area contributed by atoms with Gasteiger partial charge in [-0.15, -0.1) is 0 Å². The van der Waals surface area contributed by atoms with E-state index in [2.05, 4.69) is 27.7 Å². The first kappa shape index (κ1) is 20.5. The van der Waals surface area contributed by atoms with Gasteiger partial charge in [-0.05, 0) is 31.1 Å². The highest BCUT2D eigenvalue weighted by molar-refractivity contribution is 5.69. The molecular formula is C19H38O2. The maximum absolute atomic E-state index is 11.8. The van der Waals surface area contributed by atoms with Crippen LogP contribution in [0.25, 0.3) is 0 Å². The van der Waals surface area contributed by atoms with E-state index in [1.165, 1.54) is 51.4 Å². The Kier molecular flexibility index (Phi) is 14.0. The van der Waals surface area contributed by atoms with E-state index in [1.807, 2.05) is 0 Å². The lowest BCUT2D eigenvalue weighted by Gasteiger charge is -2.16. The molecule has 0 saturated heterocycles. The molecule has 126 valence electrons. The normalized spacial score (nSPS) is 12.6. The molecule has 0 fully saturated rings. The second kappa shape index (κ2) is 14.4. The summed E-state index contributed by atoms with van der Waals surface area (Å²) in [6.07, 6.45) is 12.7. The Balaban J connectivity index is 3.66. The minimum absolute atomic E-state index is 0.0103. The molecule has 0 spiro atoms. The fraction of sp³-hybridized carbons (Fsp3) is 0.947. The molecule has 2 heteroatoms. The van der Waals surface area contributed by atoms with Crippen LogP contribution in [0.5, 0.6) is 0 Å². The molecule has 0 heterocycles. The van der Waals surface area contributed by atoms with Crippen molar-refractivity contribution >= 4 is 5.97 Å². The summed E-state index contributed by atoms with van der Waals surface area (Å²) in [6, 6.07) is 0. The number of carbonyl (C=O) groups excluding carboxylic acids is 1. The number of hydrogen-bond donors (Lipinski definition) is 0. The van der Waals surface area contributed by atoms with Crippen molar-refractivity contribution in [2.45, 2.75) is 98.3 Å². The highest BCUT2D eigenvalue weighted by atomic mass is 16.5. The molecule has 0 aliphatic carbocycles. The van der Waals surface area contributed by atoms with Crippen molar-refractivity contribution in [3.05, 3.63) is 0 Å². The van der Waals surface area contributed by atoms with Gasteiger partial charge in [-0.25, -0.2) is 0 Å². The van der Waals surface area contributed by atoms with E-state index in [1.54, 1.807) is 0 Å². The van der Waals surface area contributed by atoms with Gasteiger partial charge in [0.1, 0.15) is 0 Å². The Morgan fingerprint density at radius 2 is 1.57 bits per heavy atom. The Hall–Kier alpha value is -0.530. The summed E-state index contributed by atoms with van der Waals surface area (Å²) in [7, 11) is 0. The van der Waals surface area contributed by atoms with Crippen LogP contribution in [0.3, 0.4) is 0 Å². The summed E-state index contributed by atoms with van der Waals surface area (Å²) < 4.78 is 5.48. The first-order valence-corrected chi connectivity index (χ1v) is 9.25. The summed E-state index contributed by atoms with van der Waals surface area (Å²) in [4.78, 5) is 11.8. The maximum atomic E-state index is 11.8. The summed E-state index contributed by atoms with van der Waals surface area (Å²) in [5.41, 5.74) is 0. The molecule has 0 radical (unpaired) electrons. The number of hydrogen-bond acceptors (Lipinski definition) is 2. The van der Waals surface area contributed by atoms with Crippen LogP contribution in [0.15, 0.2) is 0 Å². The Morgan fingerprint density at radius 1 is 0.857 bits per heavy atom. The fourth-order valence-electron chi connectivity index (χ4n) is 2.68. The monoisotopic (exact) mass is 298 g/mol. The number of unbranched alkanes of at least 4 members (excludes halogenated alkanes) is 4. The lowest BCUT2D eigenvalue weighted by atomic mass is 9.97. The molecule has 0 saturated carbocycles. The van der Waals surface area contributed by atoms with E-state index >= 15 is 0 Å². The van der Waals surface area contributed by atoms with E-state index in [0.717, 1.165) is 18.8 Å². The lowest BCUT2D eigenvalue weighted by molar-refractivity contribution is -0.145. The molecule has 1 unspecified atom stereocenters. The van der Waals surface area contributed by atoms with Gasteiger partial charge in [0.05, 0.1) is 6.61 Å². The third kappa shape index (κ3) is 14.2. The van der Waals surface area contributed by atoms with Gasteiger partial charge in [-0.3, -0.25) is 4.79 Å². The summed E-state index contributed by atoms with van der Waals surface area (Å²) >= 11 is 0. The van der Waals surface area contributed by atoms with Crippen molar-refractivity contribution in [1.82, 2.24) is 0 Å². The minimum atomic E-state index is 0.0103. The Morgan fingerprint density at radius 3 is 2.19 bits per heavy atom. The second-order valence-corrected chi connectivity index (χ2v) is 6.83. The molecular weight excluding hydrogens is 260 g/mol. The lowest BCUT2D eigenvalue weighted by Crippen LogP contribution is -2.14. The average molecular weight is 299 g/mol. The van der Waals surface area contributed by atoms with Crippen LogP contribution in [0.2, 0.25) is 0 Å². The largest absolute Gasteiger partial charge is 0.465 e. The molecule has 1 atom stereocenters. The Bertz CT molecular complexity index is 236. The van der Waals surface area contributed by atoms with Crippen LogP contribution in [-0.4, -0.2) is 12.6 Å². The van der Waals surface area contributed by atoms with Crippen molar-refractivity contribution in [3.63, 3.8) is 0 Å². The highest BCUT2D eigenvalue weighted by Gasteiger charge is 2.11. The van der Waals surface area contributed by atoms with Crippen LogP contribution in [0.4, 0.5) is 0 Å². The number of ether oxygens (including phenoxy) is 1. The summed E-state index contributed by atoms with van der Waals surface area (Å²) in [6.45, 7) is 9.58. The van der Waals surface area contributed by atoms with Crippen molar-refractivity contribution in [3.8, 4) is 0 Å². The van der Waals surface area contributed by atoms with Crippen molar-refractivity contribution in [2.24, 2.45) is 11.8 Å². The summed E-state index contributed by atoms with van der Waals surface area (Å²) in [5, 5.41) is 0. The third-order valence-corrected chi connectivity index (χ3v) is 4.06. The predicted octanol–water partition coefficient (Wildman–Crippen LogP) is 6.13. The molecule has 0 aromatic carbocycles. The fourth-order valence-corrected chi connectivity index (χ4v) is 2.68. The zero-order valence-electron chi connectivity index (χ0n) is 15.0. The molecule has 0 aromatic rings. The molecule has 21 heavy (non-hydrogen) atoms. The quantitative estimate of drug-likeness (QED) is 0.285. The van der Waals surface area contributed by atoms with E-state index in [4.69, 9.17) is 4.74 Å². The highest BCUT2D eigenvalue weighted by Crippen LogP contribution is 2.17. The smallest absolute Gasteiger partial charge is 0.305 e. The maximum Gasteiger partial charge on any atom is 0.305 e. The standard InChI is InChI=1S/C19H38O2/c1-5-7-9-14-18(12-6-2)16-21-19(20)15-11-8-10-13-17(3)4/h17-18H,5-16H2,1-4H3. The van der Waals surface area contributed by atoms with Crippen molar-refractivity contribution < 1.29 is 9.53 Å². The van der Waals surface area contributed by atoms with Gasteiger partial charge in [0.25, 0.3) is 0 Å². The number of rotatable bonds is 14. The molecule has 0 amide bonds. The van der Waals surface area contributed by atoms with Crippen molar-refractivity contribution in [2.75, 3.05) is 6.61 Å². The molecule has 0 aliphatic rings. The zero-order chi connectivity index (χ0) is 15.9. The van der Waals surface area contributed by atoms with Gasteiger partial charge in [-0.2, -0.15) is 0 Å². The minimum Gasteiger partial charge on any atom is -0.465 e. The average Bonchev–Trinajstić information content (AvgIpc) is 2.44. The number of esters is 1. The Labute approximate surface area is 133 Å². The molecule has 0 bridgehead atoms. The van der Waals surface area contributed by atoms with E-state index in [9.17, 15) is 4.79 Å². The van der Waals surface area contributed by atoms with Crippen LogP contribution in [0.1, 0.15) is 98.3 Å². The first-order chi connectivity index (χ1) is 10.1. The number of carbonyl (C=O) groups is 1. The first-order valence-electron chi connectivity index (χ1n) is 9.25. The van der Waals surface area contributed by atoms with Gasteiger partial charge in [0, 0.05) is 6.42 Å². The van der Waals surface area contributed by atoms with Gasteiger partial charge < -0.3 is 4.74 Å².